The molecule has 1 aromatic heterocycles. The maximum atomic E-state index is 4.47. The molecule has 1 saturated carbocycles. The van der Waals surface area contributed by atoms with Gasteiger partial charge in [0.05, 0.1) is 0 Å². The molecule has 4 nitrogen and oxygen atoms in total. The first-order valence-corrected chi connectivity index (χ1v) is 8.39. The molecule has 1 aromatic rings. The van der Waals surface area contributed by atoms with Crippen LogP contribution in [0.25, 0.3) is 0 Å². The van der Waals surface area contributed by atoms with Gasteiger partial charge in [-0.3, -0.25) is 4.90 Å². The van der Waals surface area contributed by atoms with Crippen molar-refractivity contribution in [2.24, 2.45) is 18.4 Å². The third kappa shape index (κ3) is 3.49. The van der Waals surface area contributed by atoms with Gasteiger partial charge in [0.2, 0.25) is 0 Å². The summed E-state index contributed by atoms with van der Waals surface area (Å²) in [6.07, 6.45) is 7.85. The minimum atomic E-state index is 0.329. The van der Waals surface area contributed by atoms with E-state index >= 15 is 0 Å². The molecule has 0 spiro atoms. The van der Waals surface area contributed by atoms with Gasteiger partial charge in [0, 0.05) is 57.6 Å². The Labute approximate surface area is 128 Å². The first-order valence-electron chi connectivity index (χ1n) is 8.39. The number of hydrogen-bond donors (Lipinski definition) is 1. The highest BCUT2D eigenvalue weighted by Crippen LogP contribution is 2.37. The largest absolute Gasteiger partial charge is 0.338 e. The molecule has 0 bridgehead atoms. The predicted octanol–water partition coefficient (Wildman–Crippen LogP) is 2.06. The number of rotatable bonds is 4. The molecule has 2 heterocycles. The van der Waals surface area contributed by atoms with Crippen molar-refractivity contribution in [3.63, 3.8) is 0 Å². The van der Waals surface area contributed by atoms with E-state index < -0.39 is 0 Å². The maximum Gasteiger partial charge on any atom is 0.109 e. The van der Waals surface area contributed by atoms with Crippen molar-refractivity contribution < 1.29 is 0 Å². The van der Waals surface area contributed by atoms with Gasteiger partial charge in [0.1, 0.15) is 5.82 Å². The van der Waals surface area contributed by atoms with Crippen LogP contribution >= 0.6 is 0 Å². The quantitative estimate of drug-likeness (QED) is 0.921. The van der Waals surface area contributed by atoms with Crippen LogP contribution in [0.4, 0.5) is 0 Å². The molecule has 3 rings (SSSR count). The first-order chi connectivity index (χ1) is 9.95. The van der Waals surface area contributed by atoms with E-state index in [1.807, 2.05) is 12.4 Å². The van der Waals surface area contributed by atoms with E-state index in [0.717, 1.165) is 31.5 Å². The molecular formula is C17H30N4. The lowest BCUT2D eigenvalue weighted by atomic mass is 9.84. The van der Waals surface area contributed by atoms with Gasteiger partial charge in [-0.2, -0.15) is 0 Å². The molecule has 0 aromatic carbocycles. The molecule has 1 saturated heterocycles. The number of hydrogen-bond acceptors (Lipinski definition) is 3. The molecular weight excluding hydrogens is 260 g/mol. The van der Waals surface area contributed by atoms with E-state index in [2.05, 4.69) is 47.6 Å². The van der Waals surface area contributed by atoms with Crippen molar-refractivity contribution in [2.75, 3.05) is 19.6 Å². The molecule has 2 aliphatic rings. The summed E-state index contributed by atoms with van der Waals surface area (Å²) in [4.78, 5) is 7.21. The summed E-state index contributed by atoms with van der Waals surface area (Å²) in [5.74, 6) is 2.13. The smallest absolute Gasteiger partial charge is 0.109 e. The zero-order valence-electron chi connectivity index (χ0n) is 14.0. The van der Waals surface area contributed by atoms with Gasteiger partial charge in [0.25, 0.3) is 0 Å². The number of nitrogens with zero attached hydrogens (tertiary/aromatic N) is 3. The van der Waals surface area contributed by atoms with Gasteiger partial charge >= 0.3 is 0 Å². The monoisotopic (exact) mass is 290 g/mol. The van der Waals surface area contributed by atoms with Crippen molar-refractivity contribution in [2.45, 2.75) is 52.1 Å². The molecule has 4 heteroatoms. The van der Waals surface area contributed by atoms with Gasteiger partial charge in [-0.1, -0.05) is 20.8 Å². The maximum absolute atomic E-state index is 4.47. The second-order valence-corrected chi connectivity index (χ2v) is 7.93. The highest BCUT2D eigenvalue weighted by molar-refractivity contribution is 4.99. The summed E-state index contributed by atoms with van der Waals surface area (Å²) in [7, 11) is 2.09. The zero-order chi connectivity index (χ0) is 15.0. The Bertz CT molecular complexity index is 469. The van der Waals surface area contributed by atoms with Gasteiger partial charge in [-0.15, -0.1) is 0 Å². The van der Waals surface area contributed by atoms with E-state index in [9.17, 15) is 0 Å². The molecule has 1 N–H and O–H groups in total. The van der Waals surface area contributed by atoms with Crippen LogP contribution < -0.4 is 5.32 Å². The van der Waals surface area contributed by atoms with Crippen LogP contribution in [0.5, 0.6) is 0 Å². The normalized spacial score (nSPS) is 28.0. The van der Waals surface area contributed by atoms with E-state index in [4.69, 9.17) is 0 Å². The van der Waals surface area contributed by atoms with Crippen LogP contribution in [0.3, 0.4) is 0 Å². The number of imidazole rings is 1. The fraction of sp³-hybridized carbons (Fsp3) is 0.824. The summed E-state index contributed by atoms with van der Waals surface area (Å²) in [6, 6.07) is 1.33. The Morgan fingerprint density at radius 2 is 2.10 bits per heavy atom. The molecule has 2 fully saturated rings. The molecule has 118 valence electrons. The van der Waals surface area contributed by atoms with Gasteiger partial charge in [0.15, 0.2) is 0 Å². The summed E-state index contributed by atoms with van der Waals surface area (Å²) in [6.45, 7) is 10.5. The van der Waals surface area contributed by atoms with Crippen LogP contribution in [-0.4, -0.2) is 46.2 Å². The van der Waals surface area contributed by atoms with Gasteiger partial charge in [-0.05, 0) is 24.2 Å². The Hall–Kier alpha value is -0.870. The Morgan fingerprint density at radius 1 is 1.33 bits per heavy atom. The molecule has 21 heavy (non-hydrogen) atoms. The average molecular weight is 290 g/mol. The predicted molar refractivity (Wildman–Crippen MR) is 86.2 cm³/mol. The van der Waals surface area contributed by atoms with Crippen LogP contribution in [0.15, 0.2) is 12.4 Å². The van der Waals surface area contributed by atoms with E-state index in [1.54, 1.807) is 0 Å². The topological polar surface area (TPSA) is 33.1 Å². The van der Waals surface area contributed by atoms with E-state index in [0.29, 0.717) is 11.5 Å². The highest BCUT2D eigenvalue weighted by Gasteiger charge is 2.40. The molecule has 2 atom stereocenters. The summed E-state index contributed by atoms with van der Waals surface area (Å²) in [5.41, 5.74) is 0.329. The van der Waals surface area contributed by atoms with Crippen LogP contribution in [-0.2, 0) is 13.5 Å². The third-order valence-corrected chi connectivity index (χ3v) is 5.21. The van der Waals surface area contributed by atoms with Gasteiger partial charge < -0.3 is 9.88 Å². The van der Waals surface area contributed by atoms with Gasteiger partial charge in [-0.25, -0.2) is 4.98 Å². The molecule has 1 aliphatic carbocycles. The van der Waals surface area contributed by atoms with Crippen LogP contribution in [0.1, 0.15) is 39.4 Å². The molecule has 2 unspecified atom stereocenters. The van der Waals surface area contributed by atoms with E-state index in [1.165, 1.54) is 25.2 Å². The Kier molecular flexibility index (Phi) is 4.10. The Morgan fingerprint density at radius 3 is 2.67 bits per heavy atom. The minimum absolute atomic E-state index is 0.329. The fourth-order valence-corrected chi connectivity index (χ4v) is 3.49. The van der Waals surface area contributed by atoms with Crippen LogP contribution in [0, 0.1) is 11.3 Å². The lowest BCUT2D eigenvalue weighted by molar-refractivity contribution is 0.0754. The third-order valence-electron chi connectivity index (χ3n) is 5.21. The lowest BCUT2D eigenvalue weighted by Crippen LogP contribution is -2.61. The summed E-state index contributed by atoms with van der Waals surface area (Å²) >= 11 is 0. The number of nitrogens with one attached hydrogen (secondary N) is 1. The van der Waals surface area contributed by atoms with Crippen molar-refractivity contribution in [1.29, 1.82) is 0 Å². The second-order valence-electron chi connectivity index (χ2n) is 7.93. The lowest BCUT2D eigenvalue weighted by Gasteiger charge is -2.45. The summed E-state index contributed by atoms with van der Waals surface area (Å²) < 4.78 is 2.15. The van der Waals surface area contributed by atoms with E-state index in [-0.39, 0.29) is 0 Å². The fourth-order valence-electron chi connectivity index (χ4n) is 3.49. The Balaban J connectivity index is 1.64. The number of piperazine rings is 1. The van der Waals surface area contributed by atoms with Crippen molar-refractivity contribution in [1.82, 2.24) is 19.8 Å². The van der Waals surface area contributed by atoms with Crippen molar-refractivity contribution >= 4 is 0 Å². The number of aromatic nitrogens is 2. The van der Waals surface area contributed by atoms with Crippen molar-refractivity contribution in [3.05, 3.63) is 18.2 Å². The minimum Gasteiger partial charge on any atom is -0.338 e. The molecule has 1 aliphatic heterocycles. The molecule has 0 amide bonds. The first kappa shape index (κ1) is 15.0. The second kappa shape index (κ2) is 5.73. The average Bonchev–Trinajstić information content (AvgIpc) is 3.19. The zero-order valence-corrected chi connectivity index (χ0v) is 14.0. The SMILES string of the molecule is Cn1ccnc1CCN1CC(C(C)(C)C)NCC1C1CC1. The summed E-state index contributed by atoms with van der Waals surface area (Å²) in [5, 5.41) is 3.80. The highest BCUT2D eigenvalue weighted by atomic mass is 15.2. The molecule has 0 radical (unpaired) electrons. The standard InChI is InChI=1S/C17H30N4/c1-17(2,3)15-12-21(14(11-19-15)13-5-6-13)9-7-16-18-8-10-20(16)4/h8,10,13-15,19H,5-7,9,11-12H2,1-4H3. The van der Waals surface area contributed by atoms with Crippen LogP contribution in [0.2, 0.25) is 0 Å². The van der Waals surface area contributed by atoms with Crippen molar-refractivity contribution in [3.8, 4) is 0 Å². The number of aryl methyl sites for hydroxylation is 1.